The third kappa shape index (κ3) is 4.47. The fourth-order valence-corrected chi connectivity index (χ4v) is 4.49. The van der Waals surface area contributed by atoms with Crippen molar-refractivity contribution >= 4 is 17.7 Å². The number of nitrogens with one attached hydrogen (secondary N) is 1. The summed E-state index contributed by atoms with van der Waals surface area (Å²) in [6.45, 7) is 3.54. The molecule has 32 heavy (non-hydrogen) atoms. The lowest BCUT2D eigenvalue weighted by atomic mass is 10.0. The summed E-state index contributed by atoms with van der Waals surface area (Å²) >= 11 is 0. The Bertz CT molecular complexity index is 1010. The van der Waals surface area contributed by atoms with Crippen molar-refractivity contribution in [3.05, 3.63) is 65.2 Å². The molecule has 2 aromatic rings. The molecule has 2 atom stereocenters. The molecule has 0 aromatic heterocycles. The lowest BCUT2D eigenvalue weighted by Crippen LogP contribution is -2.56. The first-order valence-electron chi connectivity index (χ1n) is 11.1. The summed E-state index contributed by atoms with van der Waals surface area (Å²) in [6.07, 6.45) is 1.57. The van der Waals surface area contributed by atoms with Crippen LogP contribution in [0.1, 0.15) is 47.2 Å². The van der Waals surface area contributed by atoms with Crippen molar-refractivity contribution in [1.29, 1.82) is 0 Å². The van der Waals surface area contributed by atoms with E-state index >= 15 is 0 Å². The number of nitrogens with zero attached hydrogens (tertiary/aromatic N) is 2. The van der Waals surface area contributed by atoms with Crippen molar-refractivity contribution in [3.63, 3.8) is 0 Å². The van der Waals surface area contributed by atoms with Gasteiger partial charge in [0.15, 0.2) is 0 Å². The predicted molar refractivity (Wildman–Crippen MR) is 120 cm³/mol. The second-order valence-corrected chi connectivity index (χ2v) is 8.49. The number of carbonyl (C=O) groups is 3. The Hall–Kier alpha value is -3.35. The van der Waals surface area contributed by atoms with Gasteiger partial charge in [0.05, 0.1) is 7.11 Å². The van der Waals surface area contributed by atoms with Gasteiger partial charge in [0.25, 0.3) is 5.91 Å². The smallest absolute Gasteiger partial charge is 0.251 e. The van der Waals surface area contributed by atoms with Crippen LogP contribution in [0.4, 0.5) is 0 Å². The number of methoxy groups -OCH3 is 1. The molecule has 0 radical (unpaired) electrons. The Kier molecular flexibility index (Phi) is 6.44. The average molecular weight is 436 g/mol. The van der Waals surface area contributed by atoms with Crippen LogP contribution in [0.2, 0.25) is 0 Å². The number of benzene rings is 2. The Balaban J connectivity index is 1.46. The Morgan fingerprint density at radius 2 is 1.97 bits per heavy atom. The molecular weight excluding hydrogens is 406 g/mol. The quantitative estimate of drug-likeness (QED) is 0.725. The molecular formula is C25H29N3O4. The first-order valence-corrected chi connectivity index (χ1v) is 11.1. The van der Waals surface area contributed by atoms with Crippen LogP contribution in [0.5, 0.6) is 5.75 Å². The van der Waals surface area contributed by atoms with E-state index in [1.165, 1.54) is 0 Å². The molecule has 2 unspecified atom stereocenters. The van der Waals surface area contributed by atoms with Crippen molar-refractivity contribution in [1.82, 2.24) is 15.1 Å². The summed E-state index contributed by atoms with van der Waals surface area (Å²) in [5, 5.41) is 2.99. The highest BCUT2D eigenvalue weighted by Gasteiger charge is 2.41. The first-order chi connectivity index (χ1) is 15.5. The van der Waals surface area contributed by atoms with Crippen molar-refractivity contribution in [2.45, 2.75) is 38.3 Å². The molecule has 3 amide bonds. The molecule has 1 N–H and O–H groups in total. The van der Waals surface area contributed by atoms with Gasteiger partial charge < -0.3 is 19.9 Å². The number of hydrogen-bond acceptors (Lipinski definition) is 4. The van der Waals surface area contributed by atoms with E-state index in [0.717, 1.165) is 12.0 Å². The van der Waals surface area contributed by atoms with Gasteiger partial charge in [-0.05, 0) is 42.5 Å². The standard InChI is InChI=1S/C25H29N3O4/c1-17(18-7-4-3-5-8-18)14-26-24(30)19-10-11-22(32-2)20(13-19)15-27-16-23(29)28-12-6-9-21(28)25(27)31/h3-5,7-8,10-11,13,17,21H,6,9,12,14-16H2,1-2H3,(H,26,30). The van der Waals surface area contributed by atoms with Gasteiger partial charge in [0.1, 0.15) is 18.3 Å². The van der Waals surface area contributed by atoms with Gasteiger partial charge in [-0.15, -0.1) is 0 Å². The number of hydrogen-bond donors (Lipinski definition) is 1. The number of fused-ring (bicyclic) bond motifs is 1. The summed E-state index contributed by atoms with van der Waals surface area (Å²) < 4.78 is 5.46. The largest absolute Gasteiger partial charge is 0.496 e. The van der Waals surface area contributed by atoms with Crippen LogP contribution in [0, 0.1) is 0 Å². The minimum absolute atomic E-state index is 0.0186. The molecule has 7 heteroatoms. The molecule has 2 aliphatic heterocycles. The molecule has 0 spiro atoms. The maximum absolute atomic E-state index is 12.9. The summed E-state index contributed by atoms with van der Waals surface area (Å²) in [5.41, 5.74) is 2.38. The van der Waals surface area contributed by atoms with Gasteiger partial charge in [-0.1, -0.05) is 37.3 Å². The zero-order valence-electron chi connectivity index (χ0n) is 18.5. The van der Waals surface area contributed by atoms with Crippen LogP contribution in [0.3, 0.4) is 0 Å². The summed E-state index contributed by atoms with van der Waals surface area (Å²) in [7, 11) is 1.56. The fraction of sp³-hybridized carbons (Fsp3) is 0.400. The van der Waals surface area contributed by atoms with E-state index < -0.39 is 0 Å². The molecule has 0 saturated carbocycles. The van der Waals surface area contributed by atoms with Crippen LogP contribution in [0.25, 0.3) is 0 Å². The molecule has 0 bridgehead atoms. The van der Waals surface area contributed by atoms with Crippen LogP contribution in [0.15, 0.2) is 48.5 Å². The average Bonchev–Trinajstić information content (AvgIpc) is 3.32. The van der Waals surface area contributed by atoms with E-state index in [9.17, 15) is 14.4 Å². The molecule has 7 nitrogen and oxygen atoms in total. The van der Waals surface area contributed by atoms with Gasteiger partial charge >= 0.3 is 0 Å². The summed E-state index contributed by atoms with van der Waals surface area (Å²) in [5.74, 6) is 0.544. The Morgan fingerprint density at radius 1 is 1.19 bits per heavy atom. The van der Waals surface area contributed by atoms with E-state index in [4.69, 9.17) is 4.74 Å². The number of amides is 3. The molecule has 2 saturated heterocycles. The monoisotopic (exact) mass is 435 g/mol. The number of ether oxygens (including phenoxy) is 1. The maximum Gasteiger partial charge on any atom is 0.251 e. The highest BCUT2D eigenvalue weighted by atomic mass is 16.5. The van der Waals surface area contributed by atoms with Crippen molar-refractivity contribution < 1.29 is 19.1 Å². The lowest BCUT2D eigenvalue weighted by Gasteiger charge is -2.36. The molecule has 2 fully saturated rings. The SMILES string of the molecule is COc1ccc(C(=O)NCC(C)c2ccccc2)cc1CN1CC(=O)N2CCCC2C1=O. The molecule has 2 heterocycles. The Morgan fingerprint density at radius 3 is 2.72 bits per heavy atom. The van der Waals surface area contributed by atoms with Crippen LogP contribution in [-0.2, 0) is 16.1 Å². The fourth-order valence-electron chi connectivity index (χ4n) is 4.49. The maximum atomic E-state index is 12.9. The summed E-state index contributed by atoms with van der Waals surface area (Å²) in [4.78, 5) is 41.4. The minimum Gasteiger partial charge on any atom is -0.496 e. The number of rotatable bonds is 7. The van der Waals surface area contributed by atoms with Crippen molar-refractivity contribution in [3.8, 4) is 5.75 Å². The van der Waals surface area contributed by atoms with E-state index in [-0.39, 0.29) is 42.8 Å². The lowest BCUT2D eigenvalue weighted by molar-refractivity contribution is -0.154. The van der Waals surface area contributed by atoms with E-state index in [2.05, 4.69) is 12.2 Å². The molecule has 168 valence electrons. The van der Waals surface area contributed by atoms with Crippen molar-refractivity contribution in [2.24, 2.45) is 0 Å². The molecule has 2 aliphatic rings. The molecule has 0 aliphatic carbocycles. The normalized spacial score (nSPS) is 19.0. The topological polar surface area (TPSA) is 79.0 Å². The van der Waals surface area contributed by atoms with Crippen LogP contribution >= 0.6 is 0 Å². The van der Waals surface area contributed by atoms with Gasteiger partial charge in [-0.3, -0.25) is 14.4 Å². The third-order valence-electron chi connectivity index (χ3n) is 6.34. The predicted octanol–water partition coefficient (Wildman–Crippen LogP) is 2.56. The summed E-state index contributed by atoms with van der Waals surface area (Å²) in [6, 6.07) is 14.9. The highest BCUT2D eigenvalue weighted by molar-refractivity contribution is 5.96. The Labute approximate surface area is 188 Å². The number of carbonyl (C=O) groups excluding carboxylic acids is 3. The van der Waals surface area contributed by atoms with E-state index in [1.54, 1.807) is 35.1 Å². The second-order valence-electron chi connectivity index (χ2n) is 8.49. The highest BCUT2D eigenvalue weighted by Crippen LogP contribution is 2.27. The van der Waals surface area contributed by atoms with Gasteiger partial charge in [-0.2, -0.15) is 0 Å². The zero-order chi connectivity index (χ0) is 22.7. The first kappa shape index (κ1) is 21.9. The van der Waals surface area contributed by atoms with Gasteiger partial charge in [-0.25, -0.2) is 0 Å². The van der Waals surface area contributed by atoms with Gasteiger partial charge in [0.2, 0.25) is 11.8 Å². The van der Waals surface area contributed by atoms with E-state index in [1.807, 2.05) is 30.3 Å². The van der Waals surface area contributed by atoms with Crippen molar-refractivity contribution in [2.75, 3.05) is 26.7 Å². The second kappa shape index (κ2) is 9.42. The third-order valence-corrected chi connectivity index (χ3v) is 6.34. The number of piperazine rings is 1. The molecule has 2 aromatic carbocycles. The van der Waals surface area contributed by atoms with Crippen LogP contribution in [-0.4, -0.2) is 60.3 Å². The van der Waals surface area contributed by atoms with Crippen LogP contribution < -0.4 is 10.1 Å². The van der Waals surface area contributed by atoms with E-state index in [0.29, 0.717) is 36.4 Å². The molecule has 4 rings (SSSR count). The van der Waals surface area contributed by atoms with Gasteiger partial charge in [0, 0.05) is 30.8 Å². The zero-order valence-corrected chi connectivity index (χ0v) is 18.5. The minimum atomic E-state index is -0.354.